The number of fused-ring (bicyclic) bond motifs is 1. The molecular formula is C14H14BrNO2. The summed E-state index contributed by atoms with van der Waals surface area (Å²) in [5, 5.41) is 0. The van der Waals surface area contributed by atoms with Crippen LogP contribution in [0.2, 0.25) is 0 Å². The maximum Gasteiger partial charge on any atom is 0.299 e. The number of Topliss-reactive ketones (excluding diaryl/α,β-unsaturated/α-hetero) is 1. The molecule has 0 bridgehead atoms. The molecule has 0 saturated heterocycles. The Balaban J connectivity index is 1.97. The summed E-state index contributed by atoms with van der Waals surface area (Å²) in [6.45, 7) is 2.62. The van der Waals surface area contributed by atoms with Gasteiger partial charge in [0.15, 0.2) is 0 Å². The molecule has 1 heterocycles. The maximum absolute atomic E-state index is 12.0. The van der Waals surface area contributed by atoms with Gasteiger partial charge in [0.1, 0.15) is 0 Å². The van der Waals surface area contributed by atoms with E-state index in [0.717, 1.165) is 28.1 Å². The Morgan fingerprint density at radius 1 is 1.33 bits per heavy atom. The third kappa shape index (κ3) is 1.88. The van der Waals surface area contributed by atoms with Crippen LogP contribution in [0, 0.1) is 12.8 Å². The van der Waals surface area contributed by atoms with E-state index in [4.69, 9.17) is 0 Å². The van der Waals surface area contributed by atoms with Crippen LogP contribution in [-0.2, 0) is 4.79 Å². The fourth-order valence-corrected chi connectivity index (χ4v) is 3.11. The molecule has 94 valence electrons. The number of carbonyl (C=O) groups excluding carboxylic acids is 2. The standard InChI is InChI=1S/C14H14BrNO2/c1-8-6-10(15)7-11-12(8)16(14(18)13(11)17)5-4-9-2-3-9/h6-7,9H,2-5H2,1H3. The van der Waals surface area contributed by atoms with Crippen molar-refractivity contribution >= 4 is 33.3 Å². The molecule has 1 saturated carbocycles. The molecular weight excluding hydrogens is 294 g/mol. The predicted molar refractivity (Wildman–Crippen MR) is 72.9 cm³/mol. The molecule has 0 radical (unpaired) electrons. The van der Waals surface area contributed by atoms with Crippen LogP contribution in [0.15, 0.2) is 16.6 Å². The van der Waals surface area contributed by atoms with Crippen LogP contribution in [-0.4, -0.2) is 18.2 Å². The van der Waals surface area contributed by atoms with E-state index >= 15 is 0 Å². The van der Waals surface area contributed by atoms with Gasteiger partial charge in [-0.3, -0.25) is 9.59 Å². The van der Waals surface area contributed by atoms with Crippen LogP contribution in [0.3, 0.4) is 0 Å². The van der Waals surface area contributed by atoms with Crippen molar-refractivity contribution < 1.29 is 9.59 Å². The summed E-state index contributed by atoms with van der Waals surface area (Å²) in [4.78, 5) is 25.6. The summed E-state index contributed by atoms with van der Waals surface area (Å²) in [7, 11) is 0. The molecule has 18 heavy (non-hydrogen) atoms. The smallest absolute Gasteiger partial charge is 0.299 e. The Labute approximate surface area is 114 Å². The minimum Gasteiger partial charge on any atom is -0.304 e. The summed E-state index contributed by atoms with van der Waals surface area (Å²) >= 11 is 3.37. The zero-order valence-electron chi connectivity index (χ0n) is 10.2. The van der Waals surface area contributed by atoms with Gasteiger partial charge >= 0.3 is 0 Å². The van der Waals surface area contributed by atoms with Crippen molar-refractivity contribution in [1.29, 1.82) is 0 Å². The average Bonchev–Trinajstić information content (AvgIpc) is 3.10. The van der Waals surface area contributed by atoms with E-state index < -0.39 is 0 Å². The van der Waals surface area contributed by atoms with E-state index in [1.165, 1.54) is 12.8 Å². The molecule has 0 atom stereocenters. The molecule has 1 aromatic carbocycles. The Morgan fingerprint density at radius 3 is 2.72 bits per heavy atom. The van der Waals surface area contributed by atoms with E-state index in [1.807, 2.05) is 13.0 Å². The molecule has 3 nitrogen and oxygen atoms in total. The van der Waals surface area contributed by atoms with E-state index in [9.17, 15) is 9.59 Å². The number of halogens is 1. The van der Waals surface area contributed by atoms with Gasteiger partial charge in [0.25, 0.3) is 11.7 Å². The molecule has 0 N–H and O–H groups in total. The topological polar surface area (TPSA) is 37.4 Å². The molecule has 4 heteroatoms. The Morgan fingerprint density at radius 2 is 2.06 bits per heavy atom. The number of hydrogen-bond acceptors (Lipinski definition) is 2. The molecule has 2 aliphatic rings. The zero-order chi connectivity index (χ0) is 12.9. The summed E-state index contributed by atoms with van der Waals surface area (Å²) in [5.74, 6) is 0.0183. The number of nitrogens with zero attached hydrogens (tertiary/aromatic N) is 1. The maximum atomic E-state index is 12.0. The Kier molecular flexibility index (Phi) is 2.77. The van der Waals surface area contributed by atoms with Gasteiger partial charge in [-0.25, -0.2) is 0 Å². The second-order valence-corrected chi connectivity index (χ2v) is 6.05. The first-order chi connectivity index (χ1) is 8.58. The fourth-order valence-electron chi connectivity index (χ4n) is 2.54. The molecule has 1 aliphatic heterocycles. The van der Waals surface area contributed by atoms with Gasteiger partial charge in [-0.15, -0.1) is 0 Å². The van der Waals surface area contributed by atoms with E-state index in [0.29, 0.717) is 12.1 Å². The largest absolute Gasteiger partial charge is 0.304 e. The number of rotatable bonds is 3. The van der Waals surface area contributed by atoms with Crippen LogP contribution < -0.4 is 4.90 Å². The Hall–Kier alpha value is -1.16. The van der Waals surface area contributed by atoms with Gasteiger partial charge in [-0.2, -0.15) is 0 Å². The quantitative estimate of drug-likeness (QED) is 0.805. The van der Waals surface area contributed by atoms with Gasteiger partial charge < -0.3 is 4.90 Å². The van der Waals surface area contributed by atoms with Crippen LogP contribution in [0.25, 0.3) is 0 Å². The monoisotopic (exact) mass is 307 g/mol. The normalized spacial score (nSPS) is 18.4. The average molecular weight is 308 g/mol. The zero-order valence-corrected chi connectivity index (χ0v) is 11.8. The van der Waals surface area contributed by atoms with Crippen molar-refractivity contribution in [3.63, 3.8) is 0 Å². The summed E-state index contributed by atoms with van der Waals surface area (Å²) < 4.78 is 0.851. The SMILES string of the molecule is Cc1cc(Br)cc2c1N(CCC1CC1)C(=O)C2=O. The van der Waals surface area contributed by atoms with Gasteiger partial charge in [0.2, 0.25) is 0 Å². The summed E-state index contributed by atoms with van der Waals surface area (Å²) in [5.41, 5.74) is 2.34. The second-order valence-electron chi connectivity index (χ2n) is 5.14. The molecule has 1 aromatic rings. The number of aryl methyl sites for hydroxylation is 1. The lowest BCUT2D eigenvalue weighted by molar-refractivity contribution is -0.114. The van der Waals surface area contributed by atoms with Gasteiger partial charge in [-0.05, 0) is 37.0 Å². The summed E-state index contributed by atoms with van der Waals surface area (Å²) in [6.07, 6.45) is 3.54. The number of carbonyl (C=O) groups is 2. The lowest BCUT2D eigenvalue weighted by Gasteiger charge is -2.18. The van der Waals surface area contributed by atoms with Crippen molar-refractivity contribution in [1.82, 2.24) is 0 Å². The minimum absolute atomic E-state index is 0.369. The van der Waals surface area contributed by atoms with Crippen LogP contribution in [0.1, 0.15) is 35.2 Å². The fraction of sp³-hybridized carbons (Fsp3) is 0.429. The number of benzene rings is 1. The third-order valence-electron chi connectivity index (χ3n) is 3.68. The van der Waals surface area contributed by atoms with Crippen LogP contribution >= 0.6 is 15.9 Å². The molecule has 1 fully saturated rings. The predicted octanol–water partition coefficient (Wildman–Crippen LogP) is 3.09. The highest BCUT2D eigenvalue weighted by Crippen LogP contribution is 2.37. The summed E-state index contributed by atoms with van der Waals surface area (Å²) in [6, 6.07) is 3.70. The van der Waals surface area contributed by atoms with E-state index in [2.05, 4.69) is 15.9 Å². The molecule has 0 spiro atoms. The van der Waals surface area contributed by atoms with Crippen molar-refractivity contribution in [2.75, 3.05) is 11.4 Å². The van der Waals surface area contributed by atoms with Gasteiger partial charge in [0.05, 0.1) is 11.3 Å². The van der Waals surface area contributed by atoms with Crippen LogP contribution in [0.5, 0.6) is 0 Å². The van der Waals surface area contributed by atoms with Crippen molar-refractivity contribution in [3.05, 3.63) is 27.7 Å². The molecule has 1 aliphatic carbocycles. The van der Waals surface area contributed by atoms with Gasteiger partial charge in [0, 0.05) is 11.0 Å². The highest BCUT2D eigenvalue weighted by molar-refractivity contribution is 9.10. The van der Waals surface area contributed by atoms with Crippen molar-refractivity contribution in [3.8, 4) is 0 Å². The molecule has 0 aromatic heterocycles. The van der Waals surface area contributed by atoms with Crippen molar-refractivity contribution in [2.24, 2.45) is 5.92 Å². The molecule has 0 unspecified atom stereocenters. The highest BCUT2D eigenvalue weighted by Gasteiger charge is 2.37. The lowest BCUT2D eigenvalue weighted by atomic mass is 10.1. The first-order valence-corrected chi connectivity index (χ1v) is 7.03. The number of anilines is 1. The van der Waals surface area contributed by atoms with E-state index in [-0.39, 0.29) is 11.7 Å². The first kappa shape index (κ1) is 11.9. The molecule has 1 amide bonds. The molecule has 3 rings (SSSR count). The first-order valence-electron chi connectivity index (χ1n) is 6.24. The lowest BCUT2D eigenvalue weighted by Crippen LogP contribution is -2.31. The van der Waals surface area contributed by atoms with Gasteiger partial charge in [-0.1, -0.05) is 28.8 Å². The number of amides is 1. The number of ketones is 1. The Bertz CT molecular complexity index is 549. The highest BCUT2D eigenvalue weighted by atomic mass is 79.9. The number of hydrogen-bond donors (Lipinski definition) is 0. The second kappa shape index (κ2) is 4.19. The van der Waals surface area contributed by atoms with Crippen LogP contribution in [0.4, 0.5) is 5.69 Å². The van der Waals surface area contributed by atoms with Crippen molar-refractivity contribution in [2.45, 2.75) is 26.2 Å². The van der Waals surface area contributed by atoms with E-state index in [1.54, 1.807) is 11.0 Å². The third-order valence-corrected chi connectivity index (χ3v) is 4.13. The minimum atomic E-state index is -0.370.